The molecule has 0 bridgehead atoms. The van der Waals surface area contributed by atoms with Gasteiger partial charge in [0, 0.05) is 18.0 Å². The normalized spacial score (nSPS) is 35.5. The third-order valence-electron chi connectivity index (χ3n) is 4.93. The lowest BCUT2D eigenvalue weighted by Crippen LogP contribution is -2.43. The van der Waals surface area contributed by atoms with Crippen LogP contribution in [0.2, 0.25) is 5.15 Å². The molecule has 1 saturated heterocycles. The summed E-state index contributed by atoms with van der Waals surface area (Å²) < 4.78 is 12.3. The molecule has 4 rings (SSSR count). The zero-order valence-electron chi connectivity index (χ0n) is 12.8. The van der Waals surface area contributed by atoms with E-state index < -0.39 is 5.79 Å². The first-order valence-electron chi connectivity index (χ1n) is 7.74. The van der Waals surface area contributed by atoms with Crippen molar-refractivity contribution in [2.45, 2.75) is 50.7 Å². The average Bonchev–Trinajstić information content (AvgIpc) is 3.10. The number of hydrogen-bond donors (Lipinski definition) is 0. The van der Waals surface area contributed by atoms with Crippen LogP contribution in [-0.4, -0.2) is 40.5 Å². The number of fused-ring (bicyclic) bond motifs is 2. The molecule has 0 aromatic carbocycles. The molecule has 22 heavy (non-hydrogen) atoms. The van der Waals surface area contributed by atoms with Gasteiger partial charge in [0.25, 0.3) is 0 Å². The van der Waals surface area contributed by atoms with Crippen LogP contribution >= 0.6 is 11.6 Å². The van der Waals surface area contributed by atoms with Crippen molar-refractivity contribution in [1.82, 2.24) is 9.97 Å². The molecule has 6 heteroatoms. The lowest BCUT2D eigenvalue weighted by Gasteiger charge is -2.30. The van der Waals surface area contributed by atoms with Crippen LogP contribution in [0.1, 0.15) is 25.8 Å². The van der Waals surface area contributed by atoms with E-state index in [4.69, 9.17) is 21.1 Å². The van der Waals surface area contributed by atoms with E-state index in [1.165, 1.54) is 6.33 Å². The first-order valence-corrected chi connectivity index (χ1v) is 8.12. The van der Waals surface area contributed by atoms with Gasteiger partial charge in [-0.05, 0) is 26.7 Å². The molecule has 2 fully saturated rings. The number of hydrogen-bond acceptors (Lipinski definition) is 5. The molecule has 1 aromatic rings. The SMILES string of the molecule is C=C[C@H]1C[C@@H](N2CCc3c(Cl)ncnc32)[C@@H]2OC(C)(C)O[C@@H]21. The molecule has 2 aliphatic heterocycles. The Kier molecular flexibility index (Phi) is 3.22. The quantitative estimate of drug-likeness (QED) is 0.619. The lowest BCUT2D eigenvalue weighted by atomic mass is 10.1. The second-order valence-electron chi connectivity index (χ2n) is 6.68. The maximum Gasteiger partial charge on any atom is 0.163 e. The fraction of sp³-hybridized carbons (Fsp3) is 0.625. The number of halogens is 1. The van der Waals surface area contributed by atoms with Crippen molar-refractivity contribution in [1.29, 1.82) is 0 Å². The van der Waals surface area contributed by atoms with E-state index in [2.05, 4.69) is 21.4 Å². The second kappa shape index (κ2) is 4.91. The summed E-state index contributed by atoms with van der Waals surface area (Å²) in [6.07, 6.45) is 5.48. The summed E-state index contributed by atoms with van der Waals surface area (Å²) >= 11 is 6.20. The molecule has 5 nitrogen and oxygen atoms in total. The number of aromatic nitrogens is 2. The van der Waals surface area contributed by atoms with Gasteiger partial charge in [-0.25, -0.2) is 9.97 Å². The Morgan fingerprint density at radius 3 is 2.91 bits per heavy atom. The van der Waals surface area contributed by atoms with E-state index in [9.17, 15) is 0 Å². The molecule has 118 valence electrons. The molecule has 1 aliphatic carbocycles. The predicted molar refractivity (Wildman–Crippen MR) is 84.0 cm³/mol. The van der Waals surface area contributed by atoms with Crippen LogP contribution in [0.5, 0.6) is 0 Å². The van der Waals surface area contributed by atoms with Crippen LogP contribution in [0.15, 0.2) is 19.0 Å². The Morgan fingerprint density at radius 2 is 2.14 bits per heavy atom. The second-order valence-corrected chi connectivity index (χ2v) is 7.04. The topological polar surface area (TPSA) is 47.5 Å². The maximum absolute atomic E-state index is 6.20. The van der Waals surface area contributed by atoms with Gasteiger partial charge in [-0.3, -0.25) is 0 Å². The Bertz CT molecular complexity index is 621. The molecular weight excluding hydrogens is 302 g/mol. The Labute approximate surface area is 135 Å². The van der Waals surface area contributed by atoms with Gasteiger partial charge in [0.05, 0.1) is 12.1 Å². The van der Waals surface area contributed by atoms with Crippen LogP contribution in [-0.2, 0) is 15.9 Å². The standard InChI is InChI=1S/C16H20ClN3O2/c1-4-9-7-11(13-12(9)21-16(2,3)22-13)20-6-5-10-14(17)18-8-19-15(10)20/h4,8-9,11-13H,1,5-7H2,2-3H3/t9-,11+,12+,13-/m0/s1. The monoisotopic (exact) mass is 321 g/mol. The van der Waals surface area contributed by atoms with Gasteiger partial charge in [-0.15, -0.1) is 6.58 Å². The Hall–Kier alpha value is -1.17. The van der Waals surface area contributed by atoms with Crippen molar-refractivity contribution in [3.8, 4) is 0 Å². The summed E-state index contributed by atoms with van der Waals surface area (Å²) in [5.74, 6) is 0.709. The molecule has 0 spiro atoms. The van der Waals surface area contributed by atoms with Gasteiger partial charge in [-0.1, -0.05) is 17.7 Å². The molecule has 1 aromatic heterocycles. The zero-order chi connectivity index (χ0) is 15.5. The Morgan fingerprint density at radius 1 is 1.36 bits per heavy atom. The van der Waals surface area contributed by atoms with Crippen molar-refractivity contribution in [3.63, 3.8) is 0 Å². The fourth-order valence-corrected chi connectivity index (χ4v) is 4.26. The van der Waals surface area contributed by atoms with Crippen LogP contribution in [0.4, 0.5) is 5.82 Å². The van der Waals surface area contributed by atoms with Crippen LogP contribution in [0, 0.1) is 5.92 Å². The molecule has 0 N–H and O–H groups in total. The van der Waals surface area contributed by atoms with E-state index in [1.807, 2.05) is 19.9 Å². The first-order chi connectivity index (χ1) is 10.5. The minimum absolute atomic E-state index is 0.0395. The van der Waals surface area contributed by atoms with Crippen LogP contribution in [0.3, 0.4) is 0 Å². The van der Waals surface area contributed by atoms with Gasteiger partial charge in [0.15, 0.2) is 5.79 Å². The summed E-state index contributed by atoms with van der Waals surface area (Å²) in [5, 5.41) is 0.561. The first kappa shape index (κ1) is 14.4. The van der Waals surface area contributed by atoms with E-state index in [0.717, 1.165) is 30.8 Å². The molecule has 4 atom stereocenters. The third kappa shape index (κ3) is 2.07. The summed E-state index contributed by atoms with van der Waals surface area (Å²) in [4.78, 5) is 10.9. The van der Waals surface area contributed by atoms with E-state index in [0.29, 0.717) is 11.1 Å². The van der Waals surface area contributed by atoms with E-state index in [1.54, 1.807) is 0 Å². The average molecular weight is 322 g/mol. The highest BCUT2D eigenvalue weighted by molar-refractivity contribution is 6.30. The molecule has 0 unspecified atom stereocenters. The number of ether oxygens (including phenoxy) is 2. The summed E-state index contributed by atoms with van der Waals surface area (Å²) in [5.41, 5.74) is 1.04. The largest absolute Gasteiger partial charge is 0.350 e. The van der Waals surface area contributed by atoms with Crippen molar-refractivity contribution in [2.75, 3.05) is 11.4 Å². The number of rotatable bonds is 2. The van der Waals surface area contributed by atoms with Crippen LogP contribution < -0.4 is 4.90 Å². The van der Waals surface area contributed by atoms with Crippen molar-refractivity contribution in [2.24, 2.45) is 5.92 Å². The highest BCUT2D eigenvalue weighted by Crippen LogP contribution is 2.46. The zero-order valence-corrected chi connectivity index (χ0v) is 13.6. The Balaban J connectivity index is 1.67. The molecule has 0 radical (unpaired) electrons. The van der Waals surface area contributed by atoms with Gasteiger partial charge < -0.3 is 14.4 Å². The van der Waals surface area contributed by atoms with Crippen molar-refractivity contribution < 1.29 is 9.47 Å². The lowest BCUT2D eigenvalue weighted by molar-refractivity contribution is -0.155. The molecular formula is C16H20ClN3O2. The molecule has 0 amide bonds. The summed E-state index contributed by atoms with van der Waals surface area (Å²) in [6, 6.07) is 0.238. The molecule has 3 aliphatic rings. The minimum Gasteiger partial charge on any atom is -0.350 e. The van der Waals surface area contributed by atoms with Gasteiger partial charge in [0.2, 0.25) is 0 Å². The number of anilines is 1. The maximum atomic E-state index is 6.20. The van der Waals surface area contributed by atoms with Crippen molar-refractivity contribution >= 4 is 17.4 Å². The fourth-order valence-electron chi connectivity index (χ4n) is 4.03. The van der Waals surface area contributed by atoms with Crippen molar-refractivity contribution in [3.05, 3.63) is 29.7 Å². The third-order valence-corrected chi connectivity index (χ3v) is 5.25. The van der Waals surface area contributed by atoms with Gasteiger partial charge in [-0.2, -0.15) is 0 Å². The molecule has 3 heterocycles. The predicted octanol–water partition coefficient (Wildman–Crippen LogP) is 2.59. The van der Waals surface area contributed by atoms with Gasteiger partial charge >= 0.3 is 0 Å². The summed E-state index contributed by atoms with van der Waals surface area (Å²) in [7, 11) is 0. The molecule has 1 saturated carbocycles. The van der Waals surface area contributed by atoms with E-state index >= 15 is 0 Å². The highest BCUT2D eigenvalue weighted by Gasteiger charge is 2.55. The number of nitrogens with zero attached hydrogens (tertiary/aromatic N) is 3. The minimum atomic E-state index is -0.541. The van der Waals surface area contributed by atoms with E-state index in [-0.39, 0.29) is 18.2 Å². The highest BCUT2D eigenvalue weighted by atomic mass is 35.5. The smallest absolute Gasteiger partial charge is 0.163 e. The van der Waals surface area contributed by atoms with Gasteiger partial charge in [0.1, 0.15) is 23.4 Å². The summed E-state index contributed by atoms with van der Waals surface area (Å²) in [6.45, 7) is 8.81. The van der Waals surface area contributed by atoms with Crippen LogP contribution in [0.25, 0.3) is 0 Å².